The van der Waals surface area contributed by atoms with Crippen molar-refractivity contribution in [1.29, 1.82) is 0 Å². The van der Waals surface area contributed by atoms with Crippen LogP contribution in [0.15, 0.2) is 40.5 Å². The number of benzene rings is 1. The summed E-state index contributed by atoms with van der Waals surface area (Å²) in [5, 5.41) is 10.7. The summed E-state index contributed by atoms with van der Waals surface area (Å²) in [5.41, 5.74) is 2.98. The van der Waals surface area contributed by atoms with Crippen molar-refractivity contribution in [3.8, 4) is 0 Å². The van der Waals surface area contributed by atoms with Crippen molar-refractivity contribution in [2.45, 2.75) is 31.2 Å². The van der Waals surface area contributed by atoms with Crippen molar-refractivity contribution in [2.24, 2.45) is 12.0 Å². The molecule has 0 aliphatic rings. The van der Waals surface area contributed by atoms with E-state index in [2.05, 4.69) is 20.7 Å². The van der Waals surface area contributed by atoms with Crippen molar-refractivity contribution in [3.05, 3.63) is 47.3 Å². The summed E-state index contributed by atoms with van der Waals surface area (Å²) in [7, 11) is 0.460. The van der Waals surface area contributed by atoms with Gasteiger partial charge in [0.2, 0.25) is 0 Å². The first-order valence-corrected chi connectivity index (χ1v) is 10.4. The minimum Gasteiger partial charge on any atom is -0.356 e. The Bertz CT molecular complexity index is 878. The van der Waals surface area contributed by atoms with Crippen LogP contribution >= 0.6 is 24.0 Å². The van der Waals surface area contributed by atoms with Crippen LogP contribution in [0.3, 0.4) is 0 Å². The average molecular weight is 505 g/mol. The van der Waals surface area contributed by atoms with Gasteiger partial charge in [0.05, 0.1) is 11.1 Å². The molecule has 0 fully saturated rings. The number of nitrogens with one attached hydrogen (secondary N) is 2. The van der Waals surface area contributed by atoms with E-state index in [0.717, 1.165) is 36.5 Å². The van der Waals surface area contributed by atoms with E-state index in [1.807, 2.05) is 38.5 Å². The Balaban J connectivity index is 0.00000364. The second kappa shape index (κ2) is 10.6. The van der Waals surface area contributed by atoms with Crippen LogP contribution in [-0.4, -0.2) is 44.0 Å². The van der Waals surface area contributed by atoms with Gasteiger partial charge in [-0.3, -0.25) is 9.67 Å². The molecule has 27 heavy (non-hydrogen) atoms. The molecule has 150 valence electrons. The molecule has 1 heterocycles. The van der Waals surface area contributed by atoms with E-state index in [1.54, 1.807) is 17.8 Å². The highest BCUT2D eigenvalue weighted by atomic mass is 127. The fraction of sp³-hybridized carbons (Fsp3) is 0.444. The normalized spacial score (nSPS) is 11.8. The maximum absolute atomic E-state index is 11.7. The lowest BCUT2D eigenvalue weighted by molar-refractivity contribution is 0.601. The van der Waals surface area contributed by atoms with Gasteiger partial charge in [0.25, 0.3) is 0 Å². The van der Waals surface area contributed by atoms with Gasteiger partial charge in [-0.25, -0.2) is 8.42 Å². The van der Waals surface area contributed by atoms with Crippen molar-refractivity contribution in [2.75, 3.05) is 19.8 Å². The summed E-state index contributed by atoms with van der Waals surface area (Å²) < 4.78 is 25.2. The molecule has 2 N–H and O–H groups in total. The number of aryl methyl sites for hydroxylation is 3. The number of halogens is 1. The lowest BCUT2D eigenvalue weighted by Crippen LogP contribution is -2.37. The fourth-order valence-corrected chi connectivity index (χ4v) is 3.70. The van der Waals surface area contributed by atoms with Gasteiger partial charge < -0.3 is 10.6 Å². The number of guanidine groups is 1. The van der Waals surface area contributed by atoms with Crippen LogP contribution in [0.25, 0.3) is 0 Å². The molecule has 9 heteroatoms. The number of aliphatic imine (C=N–C) groups is 1. The Morgan fingerprint density at radius 1 is 1.26 bits per heavy atom. The molecule has 0 radical (unpaired) electrons. The standard InChI is InChI=1S/C18H27N5O2S.HI/c1-14-10-15(7-8-17(14)26(4,24)25)11-21-18(19-2)20-9-5-6-16-12-22-23(3)13-16;/h7-8,10,12-13H,5-6,9,11H2,1-4H3,(H2,19,20,21);1H. The Kier molecular flexibility index (Phi) is 9.23. The first kappa shape index (κ1) is 23.4. The van der Waals surface area contributed by atoms with E-state index in [1.165, 1.54) is 11.8 Å². The summed E-state index contributed by atoms with van der Waals surface area (Å²) in [6, 6.07) is 5.37. The van der Waals surface area contributed by atoms with E-state index in [4.69, 9.17) is 0 Å². The smallest absolute Gasteiger partial charge is 0.191 e. The second-order valence-electron chi connectivity index (χ2n) is 6.35. The Hall–Kier alpha value is -1.62. The van der Waals surface area contributed by atoms with Crippen molar-refractivity contribution in [3.63, 3.8) is 0 Å². The number of aromatic nitrogens is 2. The Morgan fingerprint density at radius 3 is 2.56 bits per heavy atom. The van der Waals surface area contributed by atoms with Gasteiger partial charge in [0, 0.05) is 39.6 Å². The van der Waals surface area contributed by atoms with Crippen LogP contribution in [0, 0.1) is 6.92 Å². The third-order valence-electron chi connectivity index (χ3n) is 4.02. The minimum absolute atomic E-state index is 0. The number of hydrogen-bond donors (Lipinski definition) is 2. The molecule has 0 unspecified atom stereocenters. The molecule has 0 amide bonds. The molecule has 0 saturated heterocycles. The van der Waals surface area contributed by atoms with Gasteiger partial charge in [-0.05, 0) is 42.5 Å². The van der Waals surface area contributed by atoms with Gasteiger partial charge in [-0.2, -0.15) is 5.10 Å². The third-order valence-corrected chi connectivity index (χ3v) is 5.27. The highest BCUT2D eigenvalue weighted by Crippen LogP contribution is 2.16. The van der Waals surface area contributed by atoms with Crippen molar-refractivity contribution in [1.82, 2.24) is 20.4 Å². The van der Waals surface area contributed by atoms with Gasteiger partial charge >= 0.3 is 0 Å². The van der Waals surface area contributed by atoms with Crippen LogP contribution in [0.4, 0.5) is 0 Å². The molecule has 0 bridgehead atoms. The molecule has 7 nitrogen and oxygen atoms in total. The fourth-order valence-electron chi connectivity index (χ4n) is 2.74. The highest BCUT2D eigenvalue weighted by Gasteiger charge is 2.10. The summed E-state index contributed by atoms with van der Waals surface area (Å²) in [5.74, 6) is 0.723. The topological polar surface area (TPSA) is 88.4 Å². The van der Waals surface area contributed by atoms with Gasteiger partial charge in [-0.1, -0.05) is 12.1 Å². The molecule has 1 aromatic carbocycles. The zero-order valence-electron chi connectivity index (χ0n) is 16.2. The molecule has 0 saturated carbocycles. The van der Waals surface area contributed by atoms with Crippen LogP contribution in [0.5, 0.6) is 0 Å². The van der Waals surface area contributed by atoms with Crippen LogP contribution < -0.4 is 10.6 Å². The number of rotatable bonds is 7. The van der Waals surface area contributed by atoms with Gasteiger partial charge in [0.1, 0.15) is 0 Å². The average Bonchev–Trinajstić information content (AvgIpc) is 2.98. The van der Waals surface area contributed by atoms with Crippen LogP contribution in [0.2, 0.25) is 0 Å². The first-order chi connectivity index (χ1) is 12.3. The molecule has 0 spiro atoms. The first-order valence-electron chi connectivity index (χ1n) is 8.51. The number of nitrogens with zero attached hydrogens (tertiary/aromatic N) is 3. The lowest BCUT2D eigenvalue weighted by Gasteiger charge is -2.13. The number of hydrogen-bond acceptors (Lipinski definition) is 4. The van der Waals surface area contributed by atoms with E-state index in [0.29, 0.717) is 11.4 Å². The van der Waals surface area contributed by atoms with Crippen LogP contribution in [0.1, 0.15) is 23.1 Å². The number of sulfone groups is 1. The van der Waals surface area contributed by atoms with E-state index >= 15 is 0 Å². The molecule has 0 aliphatic carbocycles. The molecular weight excluding hydrogens is 477 g/mol. The Morgan fingerprint density at radius 2 is 2.00 bits per heavy atom. The third kappa shape index (κ3) is 7.49. The maximum Gasteiger partial charge on any atom is 0.191 e. The minimum atomic E-state index is -3.19. The zero-order chi connectivity index (χ0) is 19.2. The summed E-state index contributed by atoms with van der Waals surface area (Å²) in [4.78, 5) is 4.59. The van der Waals surface area contributed by atoms with E-state index in [9.17, 15) is 8.42 Å². The summed E-state index contributed by atoms with van der Waals surface area (Å²) in [6.45, 7) is 3.19. The monoisotopic (exact) mass is 505 g/mol. The maximum atomic E-state index is 11.7. The van der Waals surface area contributed by atoms with E-state index in [-0.39, 0.29) is 24.0 Å². The molecule has 2 rings (SSSR count). The Labute approximate surface area is 178 Å². The SMILES string of the molecule is CN=C(NCCCc1cnn(C)c1)NCc1ccc(S(C)(=O)=O)c(C)c1.I. The van der Waals surface area contributed by atoms with E-state index < -0.39 is 9.84 Å². The zero-order valence-corrected chi connectivity index (χ0v) is 19.3. The largest absolute Gasteiger partial charge is 0.356 e. The molecular formula is C18H28IN5O2S. The lowest BCUT2D eigenvalue weighted by atomic mass is 10.1. The quantitative estimate of drug-likeness (QED) is 0.260. The second-order valence-corrected chi connectivity index (χ2v) is 8.33. The predicted octanol–water partition coefficient (Wildman–Crippen LogP) is 2.05. The van der Waals surface area contributed by atoms with Crippen molar-refractivity contribution >= 4 is 39.8 Å². The molecule has 0 atom stereocenters. The molecule has 0 aliphatic heterocycles. The predicted molar refractivity (Wildman–Crippen MR) is 119 cm³/mol. The summed E-state index contributed by atoms with van der Waals surface area (Å²) >= 11 is 0. The molecule has 1 aromatic heterocycles. The van der Waals surface area contributed by atoms with Gasteiger partial charge in [-0.15, -0.1) is 24.0 Å². The highest BCUT2D eigenvalue weighted by molar-refractivity contribution is 14.0. The molecule has 2 aromatic rings. The van der Waals surface area contributed by atoms with Crippen LogP contribution in [-0.2, 0) is 29.9 Å². The summed E-state index contributed by atoms with van der Waals surface area (Å²) in [6.07, 6.45) is 7.08. The van der Waals surface area contributed by atoms with Gasteiger partial charge in [0.15, 0.2) is 15.8 Å². The van der Waals surface area contributed by atoms with Crippen molar-refractivity contribution < 1.29 is 8.42 Å².